The van der Waals surface area contributed by atoms with Gasteiger partial charge in [-0.25, -0.2) is 15.0 Å². The Bertz CT molecular complexity index is 439. The smallest absolute Gasteiger partial charge is 0.142 e. The lowest BCUT2D eigenvalue weighted by molar-refractivity contribution is 0.926. The van der Waals surface area contributed by atoms with Gasteiger partial charge in [0, 0.05) is 23.8 Å². The summed E-state index contributed by atoms with van der Waals surface area (Å²) in [6.45, 7) is 0.332. The van der Waals surface area contributed by atoms with Gasteiger partial charge in [-0.05, 0) is 0 Å². The number of aromatic nitrogens is 3. The molecule has 2 aromatic heterocycles. The molecule has 0 fully saturated rings. The molecule has 0 aliphatic rings. The quantitative estimate of drug-likeness (QED) is 0.639. The van der Waals surface area contributed by atoms with Gasteiger partial charge in [0.25, 0.3) is 0 Å². The molecule has 0 radical (unpaired) electrons. The highest BCUT2D eigenvalue weighted by Crippen LogP contribution is 2.11. The maximum Gasteiger partial charge on any atom is 0.142 e. The van der Waals surface area contributed by atoms with Crippen LogP contribution in [0.5, 0.6) is 0 Å². The molecule has 2 rings (SSSR count). The molecule has 66 valence electrons. The standard InChI is InChI=1S/C8H9N5/c9-2-8-12-4-5-3-11-7(10)1-6(5)13-8/h1,3-4H,2,9H2,(H2,10,11). The number of fused-ring (bicyclic) bond motifs is 1. The van der Waals surface area contributed by atoms with Crippen LogP contribution in [0.1, 0.15) is 5.82 Å². The molecule has 0 aliphatic carbocycles. The van der Waals surface area contributed by atoms with Crippen molar-refractivity contribution in [3.63, 3.8) is 0 Å². The third-order valence-electron chi connectivity index (χ3n) is 1.72. The van der Waals surface area contributed by atoms with E-state index in [1.807, 2.05) is 0 Å². The maximum absolute atomic E-state index is 5.51. The van der Waals surface area contributed by atoms with E-state index < -0.39 is 0 Å². The van der Waals surface area contributed by atoms with Crippen LogP contribution in [0.25, 0.3) is 10.9 Å². The minimum Gasteiger partial charge on any atom is -0.384 e. The molecule has 0 unspecified atom stereocenters. The number of hydrogen-bond acceptors (Lipinski definition) is 5. The number of nitrogens with two attached hydrogens (primary N) is 2. The summed E-state index contributed by atoms with van der Waals surface area (Å²) in [4.78, 5) is 12.2. The lowest BCUT2D eigenvalue weighted by Gasteiger charge is -1.99. The van der Waals surface area contributed by atoms with Gasteiger partial charge in [-0.15, -0.1) is 0 Å². The fraction of sp³-hybridized carbons (Fsp3) is 0.125. The first kappa shape index (κ1) is 7.88. The maximum atomic E-state index is 5.51. The molecule has 2 heterocycles. The van der Waals surface area contributed by atoms with E-state index in [1.165, 1.54) is 0 Å². The van der Waals surface area contributed by atoms with Crippen LogP contribution in [0.4, 0.5) is 5.82 Å². The second-order valence-corrected chi connectivity index (χ2v) is 2.66. The lowest BCUT2D eigenvalue weighted by Crippen LogP contribution is -2.02. The molecule has 5 nitrogen and oxygen atoms in total. The van der Waals surface area contributed by atoms with Crippen molar-refractivity contribution >= 4 is 16.7 Å². The van der Waals surface area contributed by atoms with Gasteiger partial charge in [-0.2, -0.15) is 0 Å². The predicted octanol–water partition coefficient (Wildman–Crippen LogP) is 0.0657. The first-order valence-electron chi connectivity index (χ1n) is 3.87. The Balaban J connectivity index is 2.68. The summed E-state index contributed by atoms with van der Waals surface area (Å²) in [7, 11) is 0. The average Bonchev–Trinajstić information content (AvgIpc) is 2.16. The van der Waals surface area contributed by atoms with Gasteiger partial charge in [0.05, 0.1) is 12.1 Å². The zero-order valence-electron chi connectivity index (χ0n) is 6.94. The Kier molecular flexibility index (Phi) is 1.79. The Morgan fingerprint density at radius 2 is 2.00 bits per heavy atom. The highest BCUT2D eigenvalue weighted by Gasteiger charge is 1.98. The minimum atomic E-state index is 0.332. The Labute approximate surface area is 74.8 Å². The molecule has 0 amide bonds. The topological polar surface area (TPSA) is 90.7 Å². The van der Waals surface area contributed by atoms with E-state index in [2.05, 4.69) is 15.0 Å². The van der Waals surface area contributed by atoms with Gasteiger partial charge in [0.2, 0.25) is 0 Å². The van der Waals surface area contributed by atoms with Crippen molar-refractivity contribution in [2.75, 3.05) is 5.73 Å². The molecular weight excluding hydrogens is 166 g/mol. The minimum absolute atomic E-state index is 0.332. The van der Waals surface area contributed by atoms with Crippen LogP contribution in [0, 0.1) is 0 Å². The molecule has 0 saturated heterocycles. The van der Waals surface area contributed by atoms with Crippen LogP contribution in [-0.2, 0) is 6.54 Å². The Hall–Kier alpha value is -1.75. The second-order valence-electron chi connectivity index (χ2n) is 2.66. The van der Waals surface area contributed by atoms with Crippen molar-refractivity contribution in [1.29, 1.82) is 0 Å². The lowest BCUT2D eigenvalue weighted by atomic mass is 10.3. The van der Waals surface area contributed by atoms with Crippen molar-refractivity contribution in [2.24, 2.45) is 5.73 Å². The molecule has 2 aromatic rings. The van der Waals surface area contributed by atoms with Crippen LogP contribution < -0.4 is 11.5 Å². The molecule has 0 aliphatic heterocycles. The predicted molar refractivity (Wildman–Crippen MR) is 49.6 cm³/mol. The monoisotopic (exact) mass is 175 g/mol. The van der Waals surface area contributed by atoms with Crippen molar-refractivity contribution in [3.8, 4) is 0 Å². The molecule has 5 heteroatoms. The number of pyridine rings is 1. The number of nitrogen functional groups attached to an aromatic ring is 1. The molecular formula is C8H9N5. The van der Waals surface area contributed by atoms with Crippen molar-refractivity contribution in [2.45, 2.75) is 6.54 Å². The average molecular weight is 175 g/mol. The van der Waals surface area contributed by atoms with E-state index in [1.54, 1.807) is 18.5 Å². The summed E-state index contributed by atoms with van der Waals surface area (Å²) in [5, 5.41) is 0.867. The summed E-state index contributed by atoms with van der Waals surface area (Å²) in [5.74, 6) is 1.06. The van der Waals surface area contributed by atoms with E-state index in [4.69, 9.17) is 11.5 Å². The fourth-order valence-electron chi connectivity index (χ4n) is 1.08. The molecule has 0 bridgehead atoms. The SMILES string of the molecule is NCc1ncc2cnc(N)cc2n1. The van der Waals surface area contributed by atoms with E-state index in [9.17, 15) is 0 Å². The number of anilines is 1. The van der Waals surface area contributed by atoms with Gasteiger partial charge in [-0.1, -0.05) is 0 Å². The van der Waals surface area contributed by atoms with Crippen LogP contribution >= 0.6 is 0 Å². The first-order valence-corrected chi connectivity index (χ1v) is 3.87. The number of nitrogens with zero attached hydrogens (tertiary/aromatic N) is 3. The molecule has 13 heavy (non-hydrogen) atoms. The van der Waals surface area contributed by atoms with Gasteiger partial charge in [-0.3, -0.25) is 0 Å². The molecule has 0 aromatic carbocycles. The molecule has 0 atom stereocenters. The zero-order valence-corrected chi connectivity index (χ0v) is 6.94. The van der Waals surface area contributed by atoms with Crippen LogP contribution in [0.2, 0.25) is 0 Å². The summed E-state index contributed by atoms with van der Waals surface area (Å²) in [6.07, 6.45) is 3.34. The highest BCUT2D eigenvalue weighted by molar-refractivity contribution is 5.78. The van der Waals surface area contributed by atoms with Crippen LogP contribution in [-0.4, -0.2) is 15.0 Å². The van der Waals surface area contributed by atoms with Gasteiger partial charge >= 0.3 is 0 Å². The third kappa shape index (κ3) is 1.41. The van der Waals surface area contributed by atoms with E-state index in [-0.39, 0.29) is 0 Å². The summed E-state index contributed by atoms with van der Waals surface area (Å²) >= 11 is 0. The highest BCUT2D eigenvalue weighted by atomic mass is 14.9. The molecule has 0 spiro atoms. The summed E-state index contributed by atoms with van der Waals surface area (Å²) in [5.41, 5.74) is 11.7. The number of rotatable bonds is 1. The van der Waals surface area contributed by atoms with Crippen molar-refractivity contribution < 1.29 is 0 Å². The van der Waals surface area contributed by atoms with E-state index >= 15 is 0 Å². The third-order valence-corrected chi connectivity index (χ3v) is 1.72. The second kappa shape index (κ2) is 2.95. The van der Waals surface area contributed by atoms with Crippen molar-refractivity contribution in [3.05, 3.63) is 24.3 Å². The fourth-order valence-corrected chi connectivity index (χ4v) is 1.08. The van der Waals surface area contributed by atoms with E-state index in [0.29, 0.717) is 18.2 Å². The summed E-state index contributed by atoms with van der Waals surface area (Å²) < 4.78 is 0. The zero-order chi connectivity index (χ0) is 9.26. The van der Waals surface area contributed by atoms with Crippen molar-refractivity contribution in [1.82, 2.24) is 15.0 Å². The number of hydrogen-bond donors (Lipinski definition) is 2. The van der Waals surface area contributed by atoms with Gasteiger partial charge in [0.15, 0.2) is 0 Å². The Morgan fingerprint density at radius 1 is 1.23 bits per heavy atom. The first-order chi connectivity index (χ1) is 6.29. The molecule has 0 saturated carbocycles. The van der Waals surface area contributed by atoms with Gasteiger partial charge < -0.3 is 11.5 Å². The normalized spacial score (nSPS) is 10.5. The van der Waals surface area contributed by atoms with E-state index in [0.717, 1.165) is 10.9 Å². The van der Waals surface area contributed by atoms with Crippen LogP contribution in [0.3, 0.4) is 0 Å². The Morgan fingerprint density at radius 3 is 2.77 bits per heavy atom. The van der Waals surface area contributed by atoms with Gasteiger partial charge in [0.1, 0.15) is 11.6 Å². The summed E-state index contributed by atoms with van der Waals surface area (Å²) in [6, 6.07) is 1.70. The van der Waals surface area contributed by atoms with Crippen LogP contribution in [0.15, 0.2) is 18.5 Å². The molecule has 4 N–H and O–H groups in total. The largest absolute Gasteiger partial charge is 0.384 e.